The zero-order chi connectivity index (χ0) is 17.4. The van der Waals surface area contributed by atoms with Crippen LogP contribution in [0.25, 0.3) is 10.9 Å². The van der Waals surface area contributed by atoms with Crippen molar-refractivity contribution in [1.82, 2.24) is 14.8 Å². The van der Waals surface area contributed by atoms with Gasteiger partial charge < -0.3 is 4.90 Å². The van der Waals surface area contributed by atoms with Crippen LogP contribution in [-0.2, 0) is 0 Å². The summed E-state index contributed by atoms with van der Waals surface area (Å²) in [4.78, 5) is 17.6. The number of aromatic nitrogens is 3. The second kappa shape index (κ2) is 6.16. The van der Waals surface area contributed by atoms with Crippen molar-refractivity contribution in [2.45, 2.75) is 25.8 Å². The lowest BCUT2D eigenvalue weighted by Crippen LogP contribution is -2.35. The van der Waals surface area contributed by atoms with Crippen LogP contribution in [0.15, 0.2) is 42.7 Å². The Morgan fingerprint density at radius 3 is 2.72 bits per heavy atom. The highest BCUT2D eigenvalue weighted by Crippen LogP contribution is 2.33. The Hall–Kier alpha value is -2.96. The van der Waals surface area contributed by atoms with Crippen molar-refractivity contribution in [2.24, 2.45) is 0 Å². The third-order valence-electron chi connectivity index (χ3n) is 4.81. The van der Waals surface area contributed by atoms with Gasteiger partial charge in [0.15, 0.2) is 0 Å². The quantitative estimate of drug-likeness (QED) is 0.540. The van der Waals surface area contributed by atoms with Crippen molar-refractivity contribution in [1.29, 1.82) is 0 Å². The Bertz CT molecular complexity index is 915. The summed E-state index contributed by atoms with van der Waals surface area (Å²) in [6.07, 6.45) is 5.82. The Morgan fingerprint density at radius 2 is 2.04 bits per heavy atom. The summed E-state index contributed by atoms with van der Waals surface area (Å²) in [6, 6.07) is 9.28. The molecule has 0 unspecified atom stereocenters. The standard InChI is InChI=1S/C18H19N5O2/c1-13-11-18(16-12-15(23(24)25)3-4-17(16)20-13)21-9-5-14(6-10-21)22-8-2-7-19-22/h2-4,7-8,11-12,14H,5-6,9-10H2,1H3. The molecule has 3 heterocycles. The molecule has 1 aliphatic heterocycles. The molecule has 7 heteroatoms. The average Bonchev–Trinajstić information content (AvgIpc) is 3.15. The van der Waals surface area contributed by atoms with Crippen LogP contribution in [0, 0.1) is 17.0 Å². The highest BCUT2D eigenvalue weighted by Gasteiger charge is 2.23. The Morgan fingerprint density at radius 1 is 1.24 bits per heavy atom. The highest BCUT2D eigenvalue weighted by atomic mass is 16.6. The first-order chi connectivity index (χ1) is 12.1. The van der Waals surface area contributed by atoms with Gasteiger partial charge in [-0.25, -0.2) is 0 Å². The maximum absolute atomic E-state index is 11.1. The maximum Gasteiger partial charge on any atom is 0.270 e. The summed E-state index contributed by atoms with van der Waals surface area (Å²) < 4.78 is 2.03. The van der Waals surface area contributed by atoms with E-state index >= 15 is 0 Å². The van der Waals surface area contributed by atoms with Crippen LogP contribution in [0.1, 0.15) is 24.6 Å². The molecule has 0 bridgehead atoms. The van der Waals surface area contributed by atoms with E-state index in [1.165, 1.54) is 6.07 Å². The predicted molar refractivity (Wildman–Crippen MR) is 95.8 cm³/mol. The number of non-ortho nitro benzene ring substituents is 1. The second-order valence-corrected chi connectivity index (χ2v) is 6.45. The van der Waals surface area contributed by atoms with Crippen LogP contribution in [-0.4, -0.2) is 32.8 Å². The van der Waals surface area contributed by atoms with E-state index in [9.17, 15) is 10.1 Å². The number of fused-ring (bicyclic) bond motifs is 1. The molecule has 1 saturated heterocycles. The molecule has 4 rings (SSSR count). The number of aryl methyl sites for hydroxylation is 1. The summed E-state index contributed by atoms with van der Waals surface area (Å²) in [7, 11) is 0. The summed E-state index contributed by atoms with van der Waals surface area (Å²) >= 11 is 0. The van der Waals surface area contributed by atoms with E-state index in [0.717, 1.165) is 48.2 Å². The second-order valence-electron chi connectivity index (χ2n) is 6.45. The monoisotopic (exact) mass is 337 g/mol. The van der Waals surface area contributed by atoms with Crippen LogP contribution in [0.3, 0.4) is 0 Å². The third-order valence-corrected chi connectivity index (χ3v) is 4.81. The minimum atomic E-state index is -0.354. The lowest BCUT2D eigenvalue weighted by molar-refractivity contribution is -0.384. The summed E-state index contributed by atoms with van der Waals surface area (Å²) in [5.41, 5.74) is 2.86. The van der Waals surface area contributed by atoms with Crippen molar-refractivity contribution < 1.29 is 4.92 Å². The molecule has 2 aromatic heterocycles. The summed E-state index contributed by atoms with van der Waals surface area (Å²) in [6.45, 7) is 3.75. The topological polar surface area (TPSA) is 77.1 Å². The minimum Gasteiger partial charge on any atom is -0.371 e. The number of nitro benzene ring substituents is 1. The molecule has 0 N–H and O–H groups in total. The van der Waals surface area contributed by atoms with E-state index in [4.69, 9.17) is 0 Å². The van der Waals surface area contributed by atoms with E-state index in [1.807, 2.05) is 36.1 Å². The first kappa shape index (κ1) is 15.6. The molecule has 7 nitrogen and oxygen atoms in total. The highest BCUT2D eigenvalue weighted by molar-refractivity contribution is 5.93. The molecule has 1 aromatic carbocycles. The van der Waals surface area contributed by atoms with Gasteiger partial charge in [-0.15, -0.1) is 0 Å². The lowest BCUT2D eigenvalue weighted by atomic mass is 10.0. The van der Waals surface area contributed by atoms with Crippen LogP contribution in [0.2, 0.25) is 0 Å². The number of anilines is 1. The molecular weight excluding hydrogens is 318 g/mol. The van der Waals surface area contributed by atoms with Gasteiger partial charge in [-0.05, 0) is 38.0 Å². The van der Waals surface area contributed by atoms with Crippen LogP contribution in [0.4, 0.5) is 11.4 Å². The van der Waals surface area contributed by atoms with E-state index in [1.54, 1.807) is 12.1 Å². The van der Waals surface area contributed by atoms with Crippen molar-refractivity contribution >= 4 is 22.3 Å². The zero-order valence-electron chi connectivity index (χ0n) is 14.0. The fourth-order valence-electron chi connectivity index (χ4n) is 3.57. The fraction of sp³-hybridized carbons (Fsp3) is 0.333. The number of hydrogen-bond acceptors (Lipinski definition) is 5. The molecule has 0 atom stereocenters. The van der Waals surface area contributed by atoms with Crippen molar-refractivity contribution in [2.75, 3.05) is 18.0 Å². The van der Waals surface area contributed by atoms with Gasteiger partial charge in [0.25, 0.3) is 5.69 Å². The van der Waals surface area contributed by atoms with Crippen molar-refractivity contribution in [3.8, 4) is 0 Å². The number of pyridine rings is 1. The SMILES string of the molecule is Cc1cc(N2CCC(n3cccn3)CC2)c2cc([N+](=O)[O-])ccc2n1. The van der Waals surface area contributed by atoms with Gasteiger partial charge in [0.05, 0.1) is 16.5 Å². The lowest BCUT2D eigenvalue weighted by Gasteiger charge is -2.34. The first-order valence-corrected chi connectivity index (χ1v) is 8.42. The van der Waals surface area contributed by atoms with Crippen molar-refractivity contribution in [3.63, 3.8) is 0 Å². The molecule has 1 aliphatic rings. The maximum atomic E-state index is 11.1. The van der Waals surface area contributed by atoms with E-state index in [-0.39, 0.29) is 10.6 Å². The van der Waals surface area contributed by atoms with E-state index in [2.05, 4.69) is 15.0 Å². The largest absolute Gasteiger partial charge is 0.371 e. The number of nitro groups is 1. The Balaban J connectivity index is 1.66. The molecule has 1 fully saturated rings. The fourth-order valence-corrected chi connectivity index (χ4v) is 3.57. The number of piperidine rings is 1. The molecule has 3 aromatic rings. The molecule has 0 spiro atoms. The van der Waals surface area contributed by atoms with Gasteiger partial charge in [0, 0.05) is 54.4 Å². The Labute approximate surface area is 145 Å². The first-order valence-electron chi connectivity index (χ1n) is 8.42. The van der Waals surface area contributed by atoms with Crippen molar-refractivity contribution in [3.05, 3.63) is 58.5 Å². The predicted octanol–water partition coefficient (Wildman–Crippen LogP) is 3.49. The van der Waals surface area contributed by atoms with E-state index in [0.29, 0.717) is 6.04 Å². The Kier molecular flexibility index (Phi) is 3.83. The average molecular weight is 337 g/mol. The van der Waals surface area contributed by atoms with E-state index < -0.39 is 0 Å². The third kappa shape index (κ3) is 2.93. The van der Waals surface area contributed by atoms with Gasteiger partial charge in [0.2, 0.25) is 0 Å². The van der Waals surface area contributed by atoms with Crippen LogP contribution >= 0.6 is 0 Å². The molecule has 25 heavy (non-hydrogen) atoms. The van der Waals surface area contributed by atoms with Gasteiger partial charge in [-0.1, -0.05) is 0 Å². The number of benzene rings is 1. The van der Waals surface area contributed by atoms with Crippen LogP contribution < -0.4 is 4.90 Å². The number of rotatable bonds is 3. The summed E-state index contributed by atoms with van der Waals surface area (Å²) in [5, 5.41) is 16.3. The smallest absolute Gasteiger partial charge is 0.270 e. The molecule has 128 valence electrons. The van der Waals surface area contributed by atoms with Gasteiger partial charge in [-0.3, -0.25) is 19.8 Å². The molecule has 0 radical (unpaired) electrons. The van der Waals surface area contributed by atoms with Gasteiger partial charge >= 0.3 is 0 Å². The zero-order valence-corrected chi connectivity index (χ0v) is 14.0. The van der Waals surface area contributed by atoms with Gasteiger partial charge in [-0.2, -0.15) is 5.10 Å². The van der Waals surface area contributed by atoms with Crippen LogP contribution in [0.5, 0.6) is 0 Å². The van der Waals surface area contributed by atoms with Gasteiger partial charge in [0.1, 0.15) is 0 Å². The molecular formula is C18H19N5O2. The molecule has 0 saturated carbocycles. The molecule has 0 amide bonds. The number of hydrogen-bond donors (Lipinski definition) is 0. The number of nitrogens with zero attached hydrogens (tertiary/aromatic N) is 5. The minimum absolute atomic E-state index is 0.103. The summed E-state index contributed by atoms with van der Waals surface area (Å²) in [5.74, 6) is 0. The molecule has 0 aliphatic carbocycles. The normalized spacial score (nSPS) is 15.6.